The molecule has 1 aliphatic rings. The van der Waals surface area contributed by atoms with E-state index in [4.69, 9.17) is 22.7 Å². The van der Waals surface area contributed by atoms with Gasteiger partial charge in [0.1, 0.15) is 0 Å². The molecular formula is C13H18N2OS. The Bertz CT molecular complexity index is 369. The van der Waals surface area contributed by atoms with Crippen molar-refractivity contribution in [3.8, 4) is 0 Å². The number of nitrogens with zero attached hydrogens (tertiary/aromatic N) is 1. The van der Waals surface area contributed by atoms with E-state index in [0.29, 0.717) is 11.4 Å². The van der Waals surface area contributed by atoms with Gasteiger partial charge in [-0.25, -0.2) is 0 Å². The van der Waals surface area contributed by atoms with Gasteiger partial charge in [0.25, 0.3) is 0 Å². The highest BCUT2D eigenvalue weighted by Gasteiger charge is 2.20. The molecule has 2 rings (SSSR count). The normalized spacial score (nSPS) is 21.3. The first-order valence-electron chi connectivity index (χ1n) is 5.90. The minimum absolute atomic E-state index is 0.157. The van der Waals surface area contributed by atoms with Gasteiger partial charge >= 0.3 is 0 Å². The van der Waals surface area contributed by atoms with Crippen LogP contribution in [0.15, 0.2) is 30.3 Å². The van der Waals surface area contributed by atoms with Crippen LogP contribution in [0.3, 0.4) is 0 Å². The lowest BCUT2D eigenvalue weighted by Gasteiger charge is -2.32. The van der Waals surface area contributed by atoms with E-state index in [-0.39, 0.29) is 6.10 Å². The fraction of sp³-hybridized carbons (Fsp3) is 0.462. The van der Waals surface area contributed by atoms with Crippen molar-refractivity contribution in [3.05, 3.63) is 35.9 Å². The Balaban J connectivity index is 1.87. The molecule has 1 aliphatic heterocycles. The Morgan fingerprint density at radius 1 is 1.41 bits per heavy atom. The second kappa shape index (κ2) is 6.10. The third-order valence-corrected chi connectivity index (χ3v) is 3.07. The topological polar surface area (TPSA) is 38.5 Å². The number of thiocarbonyl (C=S) groups is 1. The highest BCUT2D eigenvalue weighted by Crippen LogP contribution is 2.12. The van der Waals surface area contributed by atoms with Crippen LogP contribution in [0, 0.1) is 0 Å². The molecule has 1 atom stereocenters. The molecule has 0 amide bonds. The van der Waals surface area contributed by atoms with Crippen molar-refractivity contribution in [2.24, 2.45) is 5.73 Å². The molecule has 1 aromatic carbocycles. The highest BCUT2D eigenvalue weighted by molar-refractivity contribution is 7.80. The summed E-state index contributed by atoms with van der Waals surface area (Å²) >= 11 is 4.92. The van der Waals surface area contributed by atoms with Crippen LogP contribution >= 0.6 is 12.2 Å². The van der Waals surface area contributed by atoms with Crippen molar-refractivity contribution in [2.75, 3.05) is 19.7 Å². The van der Waals surface area contributed by atoms with Crippen LogP contribution in [-0.2, 0) is 11.3 Å². The molecule has 4 heteroatoms. The van der Waals surface area contributed by atoms with Gasteiger partial charge in [0.2, 0.25) is 0 Å². The third kappa shape index (κ3) is 4.07. The van der Waals surface area contributed by atoms with E-state index in [1.807, 2.05) is 6.07 Å². The summed E-state index contributed by atoms with van der Waals surface area (Å²) in [5.74, 6) is 0. The van der Waals surface area contributed by atoms with Crippen LogP contribution in [0.25, 0.3) is 0 Å². The molecule has 0 aromatic heterocycles. The molecule has 1 aromatic rings. The summed E-state index contributed by atoms with van der Waals surface area (Å²) in [5, 5.41) is 0. The second-order valence-corrected chi connectivity index (χ2v) is 4.91. The van der Waals surface area contributed by atoms with Crippen molar-refractivity contribution >= 4 is 17.2 Å². The van der Waals surface area contributed by atoms with Gasteiger partial charge in [-0.1, -0.05) is 42.5 Å². The molecule has 92 valence electrons. The molecule has 0 spiro atoms. The van der Waals surface area contributed by atoms with Crippen LogP contribution in [0.1, 0.15) is 12.0 Å². The van der Waals surface area contributed by atoms with Gasteiger partial charge in [0.05, 0.1) is 17.7 Å². The smallest absolute Gasteiger partial charge is 0.0765 e. The van der Waals surface area contributed by atoms with E-state index in [2.05, 4.69) is 29.2 Å². The molecular weight excluding hydrogens is 232 g/mol. The predicted octanol–water partition coefficient (Wildman–Crippen LogP) is 1.56. The summed E-state index contributed by atoms with van der Waals surface area (Å²) in [6, 6.07) is 10.5. The number of ether oxygens (including phenoxy) is 1. The van der Waals surface area contributed by atoms with Crippen molar-refractivity contribution in [3.63, 3.8) is 0 Å². The third-order valence-electron chi connectivity index (χ3n) is 2.90. The summed E-state index contributed by atoms with van der Waals surface area (Å²) in [6.07, 6.45) is 0.839. The molecule has 1 saturated heterocycles. The SMILES string of the molecule is NC(=S)CC1CN(Cc2ccccc2)CCO1. The van der Waals surface area contributed by atoms with E-state index in [0.717, 1.165) is 26.2 Å². The Kier molecular flexibility index (Phi) is 4.48. The second-order valence-electron chi connectivity index (χ2n) is 4.38. The van der Waals surface area contributed by atoms with Crippen molar-refractivity contribution in [1.29, 1.82) is 0 Å². The quantitative estimate of drug-likeness (QED) is 0.823. The Morgan fingerprint density at radius 3 is 2.88 bits per heavy atom. The molecule has 1 heterocycles. The number of hydrogen-bond acceptors (Lipinski definition) is 3. The summed E-state index contributed by atoms with van der Waals surface area (Å²) in [5.41, 5.74) is 6.89. The molecule has 0 saturated carbocycles. The maximum Gasteiger partial charge on any atom is 0.0765 e. The zero-order chi connectivity index (χ0) is 12.1. The predicted molar refractivity (Wildman–Crippen MR) is 72.9 cm³/mol. The Morgan fingerprint density at radius 2 is 2.18 bits per heavy atom. The van der Waals surface area contributed by atoms with E-state index in [1.54, 1.807) is 0 Å². The van der Waals surface area contributed by atoms with Crippen LogP contribution in [0.2, 0.25) is 0 Å². The highest BCUT2D eigenvalue weighted by atomic mass is 32.1. The number of nitrogens with two attached hydrogens (primary N) is 1. The molecule has 2 N–H and O–H groups in total. The minimum Gasteiger partial charge on any atom is -0.393 e. The molecule has 3 nitrogen and oxygen atoms in total. The van der Waals surface area contributed by atoms with Crippen molar-refractivity contribution in [2.45, 2.75) is 19.1 Å². The fourth-order valence-corrected chi connectivity index (χ4v) is 2.30. The number of morpholine rings is 1. The summed E-state index contributed by atoms with van der Waals surface area (Å²) < 4.78 is 5.65. The van der Waals surface area contributed by atoms with Gasteiger partial charge < -0.3 is 10.5 Å². The van der Waals surface area contributed by atoms with Crippen LogP contribution in [-0.4, -0.2) is 35.7 Å². The molecule has 0 bridgehead atoms. The first-order valence-corrected chi connectivity index (χ1v) is 6.31. The van der Waals surface area contributed by atoms with Gasteiger partial charge in [-0.15, -0.1) is 0 Å². The van der Waals surface area contributed by atoms with Crippen LogP contribution in [0.4, 0.5) is 0 Å². The Labute approximate surface area is 108 Å². The number of rotatable bonds is 4. The van der Waals surface area contributed by atoms with Crippen molar-refractivity contribution in [1.82, 2.24) is 4.90 Å². The standard InChI is InChI=1S/C13H18N2OS/c14-13(17)8-12-10-15(6-7-16-12)9-11-4-2-1-3-5-11/h1-5,12H,6-10H2,(H2,14,17). The molecule has 1 unspecified atom stereocenters. The lowest BCUT2D eigenvalue weighted by Crippen LogP contribution is -2.43. The van der Waals surface area contributed by atoms with Crippen molar-refractivity contribution < 1.29 is 4.74 Å². The largest absolute Gasteiger partial charge is 0.393 e. The molecule has 0 radical (unpaired) electrons. The van der Waals surface area contributed by atoms with Gasteiger partial charge in [0, 0.05) is 26.1 Å². The lowest BCUT2D eigenvalue weighted by atomic mass is 10.1. The maximum atomic E-state index is 5.65. The zero-order valence-corrected chi connectivity index (χ0v) is 10.7. The molecule has 1 fully saturated rings. The van der Waals surface area contributed by atoms with Crippen LogP contribution < -0.4 is 5.73 Å². The lowest BCUT2D eigenvalue weighted by molar-refractivity contribution is -0.0269. The Hall–Kier alpha value is -0.970. The monoisotopic (exact) mass is 250 g/mol. The van der Waals surface area contributed by atoms with Gasteiger partial charge in [-0.05, 0) is 5.56 Å². The minimum atomic E-state index is 0.157. The van der Waals surface area contributed by atoms with E-state index in [1.165, 1.54) is 5.56 Å². The van der Waals surface area contributed by atoms with Crippen LogP contribution in [0.5, 0.6) is 0 Å². The first kappa shape index (κ1) is 12.5. The maximum absolute atomic E-state index is 5.65. The van der Waals surface area contributed by atoms with Gasteiger partial charge in [-0.2, -0.15) is 0 Å². The average Bonchev–Trinajstić information content (AvgIpc) is 2.30. The summed E-state index contributed by atoms with van der Waals surface area (Å²) in [6.45, 7) is 3.62. The van der Waals surface area contributed by atoms with E-state index in [9.17, 15) is 0 Å². The fourth-order valence-electron chi connectivity index (χ4n) is 2.11. The molecule has 17 heavy (non-hydrogen) atoms. The molecule has 0 aliphatic carbocycles. The number of benzene rings is 1. The van der Waals surface area contributed by atoms with Gasteiger partial charge in [0.15, 0.2) is 0 Å². The summed E-state index contributed by atoms with van der Waals surface area (Å²) in [4.78, 5) is 2.93. The van der Waals surface area contributed by atoms with E-state index >= 15 is 0 Å². The summed E-state index contributed by atoms with van der Waals surface area (Å²) in [7, 11) is 0. The average molecular weight is 250 g/mol. The van der Waals surface area contributed by atoms with E-state index < -0.39 is 0 Å². The first-order chi connectivity index (χ1) is 8.24. The van der Waals surface area contributed by atoms with Gasteiger partial charge in [-0.3, -0.25) is 4.90 Å². The zero-order valence-electron chi connectivity index (χ0n) is 9.84. The number of hydrogen-bond donors (Lipinski definition) is 1.